The molecule has 0 saturated heterocycles. The molecule has 0 bridgehead atoms. The second-order valence-corrected chi connectivity index (χ2v) is 4.69. The minimum atomic E-state index is -4.47. The highest BCUT2D eigenvalue weighted by molar-refractivity contribution is 7.86. The molecule has 2 nitrogen and oxygen atoms in total. The van der Waals surface area contributed by atoms with E-state index in [4.69, 9.17) is 0 Å². The fourth-order valence-electron chi connectivity index (χ4n) is 1.00. The van der Waals surface area contributed by atoms with Crippen LogP contribution in [0.4, 0.5) is 3.89 Å². The van der Waals surface area contributed by atoms with E-state index in [1.54, 1.807) is 24.3 Å². The summed E-state index contributed by atoms with van der Waals surface area (Å²) in [6.07, 6.45) is 0. The number of rotatable bonds is 2. The number of benzene rings is 1. The maximum Gasteiger partial charge on any atom is 0.309 e. The third-order valence-electron chi connectivity index (χ3n) is 1.97. The van der Waals surface area contributed by atoms with Crippen LogP contribution in [-0.2, 0) is 10.2 Å². The van der Waals surface area contributed by atoms with Crippen molar-refractivity contribution in [1.82, 2.24) is 0 Å². The molecule has 0 aliphatic carbocycles. The second-order valence-electron chi connectivity index (χ2n) is 3.03. The Morgan fingerprint density at radius 2 is 1.69 bits per heavy atom. The fraction of sp³-hybridized carbons (Fsp3) is 0.333. The normalized spacial score (nSPS) is 14.1. The number of hydrogen-bond acceptors (Lipinski definition) is 2. The van der Waals surface area contributed by atoms with Crippen LogP contribution in [0, 0.1) is 6.92 Å². The van der Waals surface area contributed by atoms with Gasteiger partial charge in [0, 0.05) is 0 Å². The molecule has 0 N–H and O–H groups in total. The number of halogens is 1. The van der Waals surface area contributed by atoms with Crippen LogP contribution in [0.25, 0.3) is 0 Å². The van der Waals surface area contributed by atoms with Gasteiger partial charge in [-0.15, -0.1) is 3.89 Å². The van der Waals surface area contributed by atoms with Crippen molar-refractivity contribution >= 4 is 10.2 Å². The van der Waals surface area contributed by atoms with Gasteiger partial charge in [0.2, 0.25) is 0 Å². The maximum absolute atomic E-state index is 12.5. The molecular formula is C9H11FO2S. The Hall–Kier alpha value is -0.900. The van der Waals surface area contributed by atoms with Crippen molar-refractivity contribution in [3.05, 3.63) is 35.4 Å². The molecule has 0 aliphatic rings. The predicted molar refractivity (Wildman–Crippen MR) is 49.6 cm³/mol. The topological polar surface area (TPSA) is 34.1 Å². The lowest BCUT2D eigenvalue weighted by Gasteiger charge is -2.06. The average Bonchev–Trinajstić information content (AvgIpc) is 2.03. The third-order valence-corrected chi connectivity index (χ3v) is 3.09. The van der Waals surface area contributed by atoms with Crippen LogP contribution in [0.2, 0.25) is 0 Å². The summed E-state index contributed by atoms with van der Waals surface area (Å²) in [6, 6.07) is 6.77. The highest BCUT2D eigenvalue weighted by atomic mass is 32.3. The highest BCUT2D eigenvalue weighted by Gasteiger charge is 2.20. The van der Waals surface area contributed by atoms with E-state index in [1.807, 2.05) is 6.92 Å². The summed E-state index contributed by atoms with van der Waals surface area (Å²) in [5, 5.41) is -1.08. The highest BCUT2D eigenvalue weighted by Crippen LogP contribution is 2.22. The van der Waals surface area contributed by atoms with Crippen LogP contribution in [0.3, 0.4) is 0 Å². The molecule has 0 fully saturated rings. The molecular weight excluding hydrogens is 191 g/mol. The fourth-order valence-corrected chi connectivity index (χ4v) is 1.48. The van der Waals surface area contributed by atoms with E-state index in [2.05, 4.69) is 0 Å². The monoisotopic (exact) mass is 202 g/mol. The summed E-state index contributed by atoms with van der Waals surface area (Å²) in [5.74, 6) is 0. The van der Waals surface area contributed by atoms with Gasteiger partial charge >= 0.3 is 10.2 Å². The molecule has 1 aromatic carbocycles. The Bertz CT molecular complexity index is 381. The van der Waals surface area contributed by atoms with E-state index in [-0.39, 0.29) is 0 Å². The summed E-state index contributed by atoms with van der Waals surface area (Å²) < 4.78 is 33.6. The molecule has 0 amide bonds. The van der Waals surface area contributed by atoms with Gasteiger partial charge < -0.3 is 0 Å². The van der Waals surface area contributed by atoms with E-state index in [0.717, 1.165) is 5.56 Å². The lowest BCUT2D eigenvalue weighted by molar-refractivity contribution is 0.540. The van der Waals surface area contributed by atoms with Crippen molar-refractivity contribution in [2.24, 2.45) is 0 Å². The largest absolute Gasteiger partial charge is 0.309 e. The minimum absolute atomic E-state index is 0.480. The Morgan fingerprint density at radius 1 is 1.23 bits per heavy atom. The Balaban J connectivity index is 3.04. The third kappa shape index (κ3) is 2.52. The summed E-state index contributed by atoms with van der Waals surface area (Å²) >= 11 is 0. The van der Waals surface area contributed by atoms with Gasteiger partial charge in [-0.1, -0.05) is 29.8 Å². The van der Waals surface area contributed by atoms with Gasteiger partial charge in [-0.2, -0.15) is 8.42 Å². The standard InChI is InChI=1S/C9H11FO2S/c1-7-3-5-9(6-4-7)8(2)13(10,11)12/h3-6,8H,1-2H3. The molecule has 1 aromatic rings. The van der Waals surface area contributed by atoms with Gasteiger partial charge in [0.05, 0.1) is 0 Å². The summed E-state index contributed by atoms with van der Waals surface area (Å²) in [7, 11) is -4.47. The molecule has 13 heavy (non-hydrogen) atoms. The summed E-state index contributed by atoms with van der Waals surface area (Å²) in [6.45, 7) is 3.22. The lowest BCUT2D eigenvalue weighted by Crippen LogP contribution is -2.03. The van der Waals surface area contributed by atoms with Crippen LogP contribution < -0.4 is 0 Å². The molecule has 4 heteroatoms. The van der Waals surface area contributed by atoms with E-state index in [9.17, 15) is 12.3 Å². The average molecular weight is 202 g/mol. The summed E-state index contributed by atoms with van der Waals surface area (Å²) in [5.41, 5.74) is 1.50. The van der Waals surface area contributed by atoms with Crippen LogP contribution in [0.15, 0.2) is 24.3 Å². The molecule has 1 atom stereocenters. The van der Waals surface area contributed by atoms with Crippen LogP contribution in [0.1, 0.15) is 23.3 Å². The molecule has 0 radical (unpaired) electrons. The molecule has 0 aliphatic heterocycles. The molecule has 0 aromatic heterocycles. The van der Waals surface area contributed by atoms with E-state index in [1.165, 1.54) is 6.92 Å². The predicted octanol–water partition coefficient (Wildman–Crippen LogP) is 2.36. The SMILES string of the molecule is Cc1ccc(C(C)S(=O)(=O)F)cc1. The molecule has 0 heterocycles. The lowest BCUT2D eigenvalue weighted by atomic mass is 10.1. The van der Waals surface area contributed by atoms with Crippen LogP contribution in [0.5, 0.6) is 0 Å². The van der Waals surface area contributed by atoms with Crippen molar-refractivity contribution in [3.8, 4) is 0 Å². The van der Waals surface area contributed by atoms with Gasteiger partial charge in [-0.25, -0.2) is 0 Å². The second kappa shape index (κ2) is 3.46. The zero-order valence-corrected chi connectivity index (χ0v) is 8.31. The minimum Gasteiger partial charge on any atom is -0.194 e. The molecule has 0 saturated carbocycles. The molecule has 1 unspecified atom stereocenters. The first kappa shape index (κ1) is 10.2. The Morgan fingerprint density at radius 3 is 2.08 bits per heavy atom. The van der Waals surface area contributed by atoms with Crippen molar-refractivity contribution in [2.75, 3.05) is 0 Å². The first-order valence-corrected chi connectivity index (χ1v) is 5.36. The quantitative estimate of drug-likeness (QED) is 0.690. The zero-order valence-electron chi connectivity index (χ0n) is 7.49. The van der Waals surface area contributed by atoms with Crippen molar-refractivity contribution < 1.29 is 12.3 Å². The van der Waals surface area contributed by atoms with Crippen LogP contribution >= 0.6 is 0 Å². The number of hydrogen-bond donors (Lipinski definition) is 0. The van der Waals surface area contributed by atoms with Gasteiger partial charge in [0.15, 0.2) is 0 Å². The zero-order chi connectivity index (χ0) is 10.1. The van der Waals surface area contributed by atoms with Gasteiger partial charge in [0.1, 0.15) is 5.25 Å². The van der Waals surface area contributed by atoms with E-state index < -0.39 is 15.5 Å². The maximum atomic E-state index is 12.5. The van der Waals surface area contributed by atoms with Gasteiger partial charge in [0.25, 0.3) is 0 Å². The smallest absolute Gasteiger partial charge is 0.194 e. The van der Waals surface area contributed by atoms with Crippen LogP contribution in [-0.4, -0.2) is 8.42 Å². The first-order chi connectivity index (χ1) is 5.91. The van der Waals surface area contributed by atoms with Crippen molar-refractivity contribution in [2.45, 2.75) is 19.1 Å². The number of aryl methyl sites for hydroxylation is 1. The van der Waals surface area contributed by atoms with Gasteiger partial charge in [-0.05, 0) is 19.4 Å². The first-order valence-electron chi connectivity index (χ1n) is 3.91. The molecule has 1 rings (SSSR count). The Labute approximate surface area is 77.6 Å². The van der Waals surface area contributed by atoms with E-state index in [0.29, 0.717) is 5.56 Å². The Kier molecular flexibility index (Phi) is 2.71. The van der Waals surface area contributed by atoms with Crippen molar-refractivity contribution in [1.29, 1.82) is 0 Å². The van der Waals surface area contributed by atoms with E-state index >= 15 is 0 Å². The van der Waals surface area contributed by atoms with Gasteiger partial charge in [-0.3, -0.25) is 0 Å². The summed E-state index contributed by atoms with van der Waals surface area (Å²) in [4.78, 5) is 0. The molecule has 72 valence electrons. The van der Waals surface area contributed by atoms with Crippen molar-refractivity contribution in [3.63, 3.8) is 0 Å². The molecule has 0 spiro atoms.